The van der Waals surface area contributed by atoms with Gasteiger partial charge in [0.1, 0.15) is 5.71 Å². The van der Waals surface area contributed by atoms with Crippen LogP contribution < -0.4 is 5.43 Å². The van der Waals surface area contributed by atoms with E-state index in [0.29, 0.717) is 11.3 Å². The Hall–Kier alpha value is -1.90. The molecule has 0 fully saturated rings. The normalized spacial score (nSPS) is 13.7. The van der Waals surface area contributed by atoms with Crippen LogP contribution in [0.3, 0.4) is 0 Å². The number of benzene rings is 1. The Kier molecular flexibility index (Phi) is 1.92. The van der Waals surface area contributed by atoms with Gasteiger partial charge in [0, 0.05) is 5.56 Å². The maximum Gasteiger partial charge on any atom is 0.213 e. The summed E-state index contributed by atoms with van der Waals surface area (Å²) in [6, 6.07) is 9.04. The van der Waals surface area contributed by atoms with Crippen LogP contribution in [0.25, 0.3) is 0 Å². The van der Waals surface area contributed by atoms with Crippen molar-refractivity contribution in [3.8, 4) is 0 Å². The SMILES string of the molecule is O=C(C1=N[N]C=C1)c1ccccc1. The minimum atomic E-state index is -0.0851. The summed E-state index contributed by atoms with van der Waals surface area (Å²) in [5, 5.41) is 3.69. The fourth-order valence-electron chi connectivity index (χ4n) is 1.09. The zero-order valence-corrected chi connectivity index (χ0v) is 6.84. The fourth-order valence-corrected chi connectivity index (χ4v) is 1.09. The highest BCUT2D eigenvalue weighted by Gasteiger charge is 2.13. The molecule has 0 bridgehead atoms. The molecule has 63 valence electrons. The van der Waals surface area contributed by atoms with E-state index in [-0.39, 0.29) is 5.78 Å². The summed E-state index contributed by atoms with van der Waals surface area (Å²) in [4.78, 5) is 11.6. The van der Waals surface area contributed by atoms with Crippen LogP contribution in [0.1, 0.15) is 10.4 Å². The highest BCUT2D eigenvalue weighted by molar-refractivity contribution is 6.50. The molecule has 0 spiro atoms. The van der Waals surface area contributed by atoms with E-state index in [2.05, 4.69) is 10.5 Å². The number of hydrogen-bond acceptors (Lipinski definition) is 2. The summed E-state index contributed by atoms with van der Waals surface area (Å²) in [6.07, 6.45) is 3.12. The predicted octanol–water partition coefficient (Wildman–Crippen LogP) is 1.36. The largest absolute Gasteiger partial charge is 0.287 e. The Morgan fingerprint density at radius 1 is 1.15 bits per heavy atom. The third-order valence-electron chi connectivity index (χ3n) is 1.73. The lowest BCUT2D eigenvalue weighted by atomic mass is 10.1. The lowest BCUT2D eigenvalue weighted by molar-refractivity contribution is 0.106. The second-order valence-electron chi connectivity index (χ2n) is 2.61. The third kappa shape index (κ3) is 1.49. The van der Waals surface area contributed by atoms with E-state index in [9.17, 15) is 4.79 Å². The molecule has 13 heavy (non-hydrogen) atoms. The molecule has 1 heterocycles. The van der Waals surface area contributed by atoms with Crippen molar-refractivity contribution in [1.29, 1.82) is 0 Å². The molecule has 1 aromatic rings. The van der Waals surface area contributed by atoms with Gasteiger partial charge in [-0.1, -0.05) is 30.3 Å². The summed E-state index contributed by atoms with van der Waals surface area (Å²) in [6.45, 7) is 0. The van der Waals surface area contributed by atoms with E-state index in [0.717, 1.165) is 0 Å². The van der Waals surface area contributed by atoms with Gasteiger partial charge in [-0.15, -0.1) is 5.10 Å². The quantitative estimate of drug-likeness (QED) is 0.619. The summed E-state index contributed by atoms with van der Waals surface area (Å²) >= 11 is 0. The molecule has 0 saturated heterocycles. The molecule has 0 aliphatic carbocycles. The molecule has 0 saturated carbocycles. The number of nitrogens with zero attached hydrogens (tertiary/aromatic N) is 2. The van der Waals surface area contributed by atoms with E-state index in [4.69, 9.17) is 0 Å². The van der Waals surface area contributed by atoms with Crippen LogP contribution in [-0.4, -0.2) is 11.5 Å². The summed E-state index contributed by atoms with van der Waals surface area (Å²) in [5.74, 6) is -0.0851. The number of allylic oxidation sites excluding steroid dienone is 1. The number of hydrogen-bond donors (Lipinski definition) is 0. The van der Waals surface area contributed by atoms with Gasteiger partial charge >= 0.3 is 0 Å². The predicted molar refractivity (Wildman–Crippen MR) is 49.5 cm³/mol. The zero-order valence-electron chi connectivity index (χ0n) is 6.84. The standard InChI is InChI=1S/C10H7N2O/c13-10(9-6-7-11-12-9)8-4-2-1-3-5-8/h1-7H. The molecule has 1 aromatic carbocycles. The van der Waals surface area contributed by atoms with E-state index < -0.39 is 0 Å². The van der Waals surface area contributed by atoms with Crippen molar-refractivity contribution in [1.82, 2.24) is 5.43 Å². The maximum absolute atomic E-state index is 11.6. The van der Waals surface area contributed by atoms with Gasteiger partial charge in [-0.25, -0.2) is 0 Å². The van der Waals surface area contributed by atoms with Crippen LogP contribution in [-0.2, 0) is 0 Å². The Labute approximate surface area is 75.8 Å². The highest BCUT2D eigenvalue weighted by atomic mass is 16.1. The maximum atomic E-state index is 11.6. The summed E-state index contributed by atoms with van der Waals surface area (Å²) < 4.78 is 0. The van der Waals surface area contributed by atoms with Gasteiger partial charge in [0.2, 0.25) is 5.78 Å². The average Bonchev–Trinajstić information content (AvgIpc) is 2.71. The molecule has 1 aliphatic heterocycles. The lowest BCUT2D eigenvalue weighted by Crippen LogP contribution is -2.10. The number of ketones is 1. The van der Waals surface area contributed by atoms with Crippen molar-refractivity contribution in [3.63, 3.8) is 0 Å². The van der Waals surface area contributed by atoms with Crippen LogP contribution >= 0.6 is 0 Å². The molecule has 3 nitrogen and oxygen atoms in total. The first-order valence-corrected chi connectivity index (χ1v) is 3.92. The number of carbonyl (C=O) groups excluding carboxylic acids is 1. The Morgan fingerprint density at radius 2 is 1.92 bits per heavy atom. The Morgan fingerprint density at radius 3 is 2.54 bits per heavy atom. The van der Waals surface area contributed by atoms with Crippen molar-refractivity contribution >= 4 is 11.5 Å². The van der Waals surface area contributed by atoms with Crippen molar-refractivity contribution < 1.29 is 4.79 Å². The smallest absolute Gasteiger partial charge is 0.213 e. The summed E-state index contributed by atoms with van der Waals surface area (Å²) in [7, 11) is 0. The number of rotatable bonds is 2. The first-order chi connectivity index (χ1) is 6.38. The second-order valence-corrected chi connectivity index (χ2v) is 2.61. The van der Waals surface area contributed by atoms with Crippen LogP contribution in [0, 0.1) is 0 Å². The molecule has 1 radical (unpaired) electrons. The van der Waals surface area contributed by atoms with Gasteiger partial charge in [0.15, 0.2) is 0 Å². The third-order valence-corrected chi connectivity index (χ3v) is 1.73. The molecule has 3 heteroatoms. The van der Waals surface area contributed by atoms with Crippen molar-refractivity contribution in [2.75, 3.05) is 0 Å². The average molecular weight is 171 g/mol. The first kappa shape index (κ1) is 7.73. The molecule has 0 aromatic heterocycles. The van der Waals surface area contributed by atoms with E-state index in [1.54, 1.807) is 18.2 Å². The molecule has 1 aliphatic rings. The molecular formula is C10H7N2O. The molecule has 2 rings (SSSR count). The van der Waals surface area contributed by atoms with Crippen LogP contribution in [0.4, 0.5) is 0 Å². The van der Waals surface area contributed by atoms with Gasteiger partial charge in [0.25, 0.3) is 0 Å². The minimum Gasteiger partial charge on any atom is -0.287 e. The molecule has 0 atom stereocenters. The molecular weight excluding hydrogens is 164 g/mol. The van der Waals surface area contributed by atoms with Crippen LogP contribution in [0.2, 0.25) is 0 Å². The molecule has 0 amide bonds. The Bertz CT molecular complexity index is 379. The van der Waals surface area contributed by atoms with Gasteiger partial charge in [-0.3, -0.25) is 4.79 Å². The van der Waals surface area contributed by atoms with Crippen molar-refractivity contribution in [2.45, 2.75) is 0 Å². The molecule has 0 N–H and O–H groups in total. The van der Waals surface area contributed by atoms with Gasteiger partial charge < -0.3 is 0 Å². The number of Topliss-reactive ketones (excluding diaryl/α,β-unsaturated/α-hetero) is 1. The monoisotopic (exact) mass is 171 g/mol. The van der Waals surface area contributed by atoms with Crippen molar-refractivity contribution in [3.05, 3.63) is 48.2 Å². The number of carbonyl (C=O) groups is 1. The first-order valence-electron chi connectivity index (χ1n) is 3.92. The fraction of sp³-hybridized carbons (Fsp3) is 0. The summed E-state index contributed by atoms with van der Waals surface area (Å²) in [5.41, 5.74) is 4.63. The van der Waals surface area contributed by atoms with Crippen LogP contribution in [0.5, 0.6) is 0 Å². The van der Waals surface area contributed by atoms with Gasteiger partial charge in [-0.05, 0) is 6.08 Å². The zero-order chi connectivity index (χ0) is 9.10. The van der Waals surface area contributed by atoms with Crippen LogP contribution in [0.15, 0.2) is 47.7 Å². The topological polar surface area (TPSA) is 43.5 Å². The minimum absolute atomic E-state index is 0.0851. The molecule has 0 unspecified atom stereocenters. The van der Waals surface area contributed by atoms with E-state index in [1.165, 1.54) is 6.20 Å². The van der Waals surface area contributed by atoms with Crippen molar-refractivity contribution in [2.24, 2.45) is 5.10 Å². The van der Waals surface area contributed by atoms with Gasteiger partial charge in [0.05, 0.1) is 6.20 Å². The van der Waals surface area contributed by atoms with Gasteiger partial charge in [-0.2, -0.15) is 5.43 Å². The lowest BCUT2D eigenvalue weighted by Gasteiger charge is -1.95. The highest BCUT2D eigenvalue weighted by Crippen LogP contribution is 2.04. The Balaban J connectivity index is 2.28. The van der Waals surface area contributed by atoms with E-state index in [1.807, 2.05) is 18.2 Å². The van der Waals surface area contributed by atoms with E-state index >= 15 is 0 Å². The second kappa shape index (κ2) is 3.23.